The van der Waals surface area contributed by atoms with Crippen LogP contribution in [0, 0.1) is 5.92 Å². The number of hydrogen-bond acceptors (Lipinski definition) is 6. The smallest absolute Gasteiger partial charge is 0.410 e. The third-order valence-electron chi connectivity index (χ3n) is 7.12. The fourth-order valence-electron chi connectivity index (χ4n) is 5.06. The summed E-state index contributed by atoms with van der Waals surface area (Å²) in [5.74, 6) is 0.229. The lowest BCUT2D eigenvalue weighted by Crippen LogP contribution is -2.50. The summed E-state index contributed by atoms with van der Waals surface area (Å²) in [4.78, 5) is 33.8. The molecule has 4 heterocycles. The average Bonchev–Trinajstić information content (AvgIpc) is 3.38. The number of amides is 2. The molecule has 0 N–H and O–H groups in total. The molecule has 0 unspecified atom stereocenters. The van der Waals surface area contributed by atoms with E-state index in [1.807, 2.05) is 9.80 Å². The van der Waals surface area contributed by atoms with Gasteiger partial charge in [0.15, 0.2) is 0 Å². The number of ether oxygens (including phenoxy) is 2. The van der Waals surface area contributed by atoms with Crippen LogP contribution in [0.5, 0.6) is 0 Å². The molecule has 0 aromatic heterocycles. The van der Waals surface area contributed by atoms with Crippen molar-refractivity contribution in [1.29, 1.82) is 0 Å². The highest BCUT2D eigenvalue weighted by Crippen LogP contribution is 2.34. The highest BCUT2D eigenvalue weighted by Gasteiger charge is 2.47. The van der Waals surface area contributed by atoms with Gasteiger partial charge in [0.05, 0.1) is 19.1 Å². The zero-order chi connectivity index (χ0) is 20.3. The average molecular weight is 409 g/mol. The molecule has 4 aliphatic heterocycles. The van der Waals surface area contributed by atoms with E-state index < -0.39 is 5.60 Å². The zero-order valence-corrected chi connectivity index (χ0v) is 17.8. The Bertz CT molecular complexity index is 579. The number of carbonyl (C=O) groups is 2. The first-order valence-electron chi connectivity index (χ1n) is 11.4. The number of likely N-dealkylation sites (N-methyl/N-ethyl adjacent to an activating group) is 1. The summed E-state index contributed by atoms with van der Waals surface area (Å²) >= 11 is 0. The molecule has 2 amide bonds. The molecule has 4 saturated heterocycles. The summed E-state index contributed by atoms with van der Waals surface area (Å²) in [6.07, 6.45) is 3.13. The van der Waals surface area contributed by atoms with Crippen molar-refractivity contribution < 1.29 is 19.1 Å². The standard InChI is InChI=1S/C21H36N4O4/c1-2-22-11-13-23(14-12-22)7-3-8-25-17-21(29-20(25)27)5-9-24(10-6-21)19(26)18-4-15-28-16-18/h18H,2-17H2,1H3/t18-/m0/s1. The maximum atomic E-state index is 12.6. The maximum absolute atomic E-state index is 12.6. The summed E-state index contributed by atoms with van der Waals surface area (Å²) < 4.78 is 11.2. The first-order valence-corrected chi connectivity index (χ1v) is 11.4. The van der Waals surface area contributed by atoms with Crippen LogP contribution in [0.25, 0.3) is 0 Å². The van der Waals surface area contributed by atoms with E-state index in [9.17, 15) is 9.59 Å². The van der Waals surface area contributed by atoms with E-state index in [4.69, 9.17) is 9.47 Å². The molecule has 8 heteroatoms. The number of rotatable bonds is 6. The minimum atomic E-state index is -0.396. The van der Waals surface area contributed by atoms with E-state index in [0.29, 0.717) is 32.8 Å². The van der Waals surface area contributed by atoms with Crippen molar-refractivity contribution in [2.45, 2.75) is 38.2 Å². The molecule has 29 heavy (non-hydrogen) atoms. The number of hydrogen-bond donors (Lipinski definition) is 0. The topological polar surface area (TPSA) is 65.6 Å². The number of likely N-dealkylation sites (tertiary alicyclic amines) is 1. The number of carbonyl (C=O) groups excluding carboxylic acids is 2. The predicted molar refractivity (Wildman–Crippen MR) is 109 cm³/mol. The molecular formula is C21H36N4O4. The van der Waals surface area contributed by atoms with Gasteiger partial charge < -0.3 is 29.1 Å². The predicted octanol–water partition coefficient (Wildman–Crippen LogP) is 0.864. The lowest BCUT2D eigenvalue weighted by molar-refractivity contribution is -0.138. The van der Waals surface area contributed by atoms with Crippen LogP contribution in [0.15, 0.2) is 0 Å². The van der Waals surface area contributed by atoms with Crippen LogP contribution in [0.1, 0.15) is 32.6 Å². The first kappa shape index (κ1) is 20.9. The molecule has 0 aliphatic carbocycles. The van der Waals surface area contributed by atoms with Gasteiger partial charge in [-0.1, -0.05) is 6.92 Å². The van der Waals surface area contributed by atoms with Gasteiger partial charge in [0.1, 0.15) is 5.60 Å². The largest absolute Gasteiger partial charge is 0.441 e. The van der Waals surface area contributed by atoms with Crippen molar-refractivity contribution in [1.82, 2.24) is 19.6 Å². The summed E-state index contributed by atoms with van der Waals surface area (Å²) in [5.41, 5.74) is -0.396. The lowest BCUT2D eigenvalue weighted by atomic mass is 9.90. The number of piperazine rings is 1. The normalized spacial score (nSPS) is 28.3. The Morgan fingerprint density at radius 3 is 2.45 bits per heavy atom. The van der Waals surface area contributed by atoms with E-state index in [-0.39, 0.29) is 17.9 Å². The van der Waals surface area contributed by atoms with Crippen molar-refractivity contribution in [2.75, 3.05) is 78.7 Å². The van der Waals surface area contributed by atoms with Crippen molar-refractivity contribution in [3.8, 4) is 0 Å². The Labute approximate surface area is 174 Å². The van der Waals surface area contributed by atoms with Crippen molar-refractivity contribution in [3.05, 3.63) is 0 Å². The van der Waals surface area contributed by atoms with Crippen molar-refractivity contribution in [3.63, 3.8) is 0 Å². The maximum Gasteiger partial charge on any atom is 0.410 e. The summed E-state index contributed by atoms with van der Waals surface area (Å²) in [7, 11) is 0. The molecule has 4 rings (SSSR count). The van der Waals surface area contributed by atoms with Gasteiger partial charge >= 0.3 is 6.09 Å². The monoisotopic (exact) mass is 408 g/mol. The Morgan fingerprint density at radius 1 is 1.07 bits per heavy atom. The minimum absolute atomic E-state index is 0.0193. The molecule has 0 saturated carbocycles. The van der Waals surface area contributed by atoms with Crippen LogP contribution in [0.3, 0.4) is 0 Å². The van der Waals surface area contributed by atoms with E-state index in [0.717, 1.165) is 71.5 Å². The molecule has 164 valence electrons. The summed E-state index contributed by atoms with van der Waals surface area (Å²) in [5, 5.41) is 0. The van der Waals surface area contributed by atoms with Crippen LogP contribution >= 0.6 is 0 Å². The quantitative estimate of drug-likeness (QED) is 0.650. The van der Waals surface area contributed by atoms with Crippen LogP contribution in [-0.2, 0) is 14.3 Å². The third kappa shape index (κ3) is 4.86. The van der Waals surface area contributed by atoms with Gasteiger partial charge in [-0.25, -0.2) is 4.79 Å². The second-order valence-electron chi connectivity index (χ2n) is 8.99. The van der Waals surface area contributed by atoms with Gasteiger partial charge in [0, 0.05) is 65.3 Å². The van der Waals surface area contributed by atoms with Crippen LogP contribution in [0.4, 0.5) is 4.79 Å². The molecule has 0 radical (unpaired) electrons. The Kier molecular flexibility index (Phi) is 6.61. The molecule has 1 atom stereocenters. The molecule has 1 spiro atoms. The van der Waals surface area contributed by atoms with Gasteiger partial charge in [-0.3, -0.25) is 4.79 Å². The van der Waals surface area contributed by atoms with Crippen LogP contribution < -0.4 is 0 Å². The fourth-order valence-corrected chi connectivity index (χ4v) is 5.06. The van der Waals surface area contributed by atoms with E-state index in [1.54, 1.807) is 0 Å². The Morgan fingerprint density at radius 2 is 1.79 bits per heavy atom. The van der Waals surface area contributed by atoms with E-state index in [1.165, 1.54) is 0 Å². The van der Waals surface area contributed by atoms with Crippen molar-refractivity contribution >= 4 is 12.0 Å². The Balaban J connectivity index is 1.19. The van der Waals surface area contributed by atoms with Crippen LogP contribution in [-0.4, -0.2) is 116 Å². The lowest BCUT2D eigenvalue weighted by Gasteiger charge is -2.38. The molecule has 4 fully saturated rings. The molecule has 8 nitrogen and oxygen atoms in total. The Hall–Kier alpha value is -1.38. The minimum Gasteiger partial charge on any atom is -0.441 e. The van der Waals surface area contributed by atoms with Crippen molar-refractivity contribution in [2.24, 2.45) is 5.92 Å². The first-order chi connectivity index (χ1) is 14.1. The fraction of sp³-hybridized carbons (Fsp3) is 0.905. The second kappa shape index (κ2) is 9.18. The summed E-state index contributed by atoms with van der Waals surface area (Å²) in [6, 6.07) is 0. The third-order valence-corrected chi connectivity index (χ3v) is 7.12. The van der Waals surface area contributed by atoms with E-state index >= 15 is 0 Å². The molecular weight excluding hydrogens is 372 g/mol. The molecule has 0 aromatic rings. The van der Waals surface area contributed by atoms with Gasteiger partial charge in [-0.05, 0) is 25.9 Å². The molecule has 4 aliphatic rings. The van der Waals surface area contributed by atoms with Gasteiger partial charge in [-0.15, -0.1) is 0 Å². The number of piperidine rings is 1. The second-order valence-corrected chi connectivity index (χ2v) is 8.99. The molecule has 0 aromatic carbocycles. The highest BCUT2D eigenvalue weighted by atomic mass is 16.6. The highest BCUT2D eigenvalue weighted by molar-refractivity contribution is 5.79. The van der Waals surface area contributed by atoms with Gasteiger partial charge in [0.25, 0.3) is 0 Å². The van der Waals surface area contributed by atoms with E-state index in [2.05, 4.69) is 16.7 Å². The van der Waals surface area contributed by atoms with Gasteiger partial charge in [0.2, 0.25) is 5.91 Å². The van der Waals surface area contributed by atoms with Gasteiger partial charge in [-0.2, -0.15) is 0 Å². The zero-order valence-electron chi connectivity index (χ0n) is 17.8. The molecule has 0 bridgehead atoms. The summed E-state index contributed by atoms with van der Waals surface area (Å²) in [6.45, 7) is 13.0. The SMILES string of the molecule is CCN1CCN(CCCN2CC3(CCN(C(=O)[C@H]4CCOC4)CC3)OC2=O)CC1. The van der Waals surface area contributed by atoms with Crippen LogP contribution in [0.2, 0.25) is 0 Å². The number of nitrogens with zero attached hydrogens (tertiary/aromatic N) is 4.